The van der Waals surface area contributed by atoms with Gasteiger partial charge in [0, 0.05) is 5.56 Å². The highest BCUT2D eigenvalue weighted by molar-refractivity contribution is 7.97. The molecule has 12 nitrogen and oxygen atoms in total. The van der Waals surface area contributed by atoms with Crippen molar-refractivity contribution in [1.82, 2.24) is 19.9 Å². The predicted octanol–water partition coefficient (Wildman–Crippen LogP) is 9.53. The van der Waals surface area contributed by atoms with Crippen LogP contribution in [0.2, 0.25) is 0 Å². The number of allylic oxidation sites excluding steroid dienone is 6. The molecule has 5 aromatic carbocycles. The van der Waals surface area contributed by atoms with E-state index in [9.17, 15) is 53.1 Å². The lowest BCUT2D eigenvalue weighted by Crippen LogP contribution is -2.33. The van der Waals surface area contributed by atoms with Crippen molar-refractivity contribution in [3.8, 4) is 22.8 Å². The van der Waals surface area contributed by atoms with Crippen LogP contribution in [-0.4, -0.2) is 42.6 Å². The molecule has 75 heavy (non-hydrogen) atoms. The van der Waals surface area contributed by atoms with Crippen LogP contribution < -0.4 is 14.2 Å². The Balaban J connectivity index is 0.000000173. The zero-order valence-corrected chi connectivity index (χ0v) is 39.9. The third-order valence-electron chi connectivity index (χ3n) is 12.0. The summed E-state index contributed by atoms with van der Waals surface area (Å²) < 4.78 is 135. The fraction of sp³-hybridized carbons (Fsp3) is 0.0364. The van der Waals surface area contributed by atoms with E-state index in [0.29, 0.717) is 21.9 Å². The lowest BCUT2D eigenvalue weighted by molar-refractivity contribution is -0.598. The van der Waals surface area contributed by atoms with Crippen molar-refractivity contribution >= 4 is 58.6 Å². The maximum atomic E-state index is 13.4. The van der Waals surface area contributed by atoms with E-state index in [1.54, 1.807) is 140 Å². The lowest BCUT2D eigenvalue weighted by atomic mass is 10.0. The second-order valence-electron chi connectivity index (χ2n) is 16.6. The minimum Gasteiger partial charge on any atom is -0.871 e. The number of carbonyl (C=O) groups excluding carboxylic acids is 1. The molecular weight excluding hydrogens is 1020 g/mol. The van der Waals surface area contributed by atoms with E-state index < -0.39 is 55.2 Å². The monoisotopic (exact) mass is 1050 g/mol. The maximum absolute atomic E-state index is 13.4. The molecule has 6 heterocycles. The Kier molecular flexibility index (Phi) is 12.6. The number of Topliss-reactive ketones (excluding diaryl/α,β-unsaturated/α-hetero) is 1. The van der Waals surface area contributed by atoms with E-state index in [2.05, 4.69) is 19.9 Å². The summed E-state index contributed by atoms with van der Waals surface area (Å²) >= 11 is 0. The van der Waals surface area contributed by atoms with Gasteiger partial charge in [-0.3, -0.25) is 4.79 Å². The number of hydrogen-bond donors (Lipinski definition) is 0. The van der Waals surface area contributed by atoms with Crippen LogP contribution in [0.4, 0.5) is 26.3 Å². The highest BCUT2D eigenvalue weighted by atomic mass is 32.2. The van der Waals surface area contributed by atoms with E-state index in [-0.39, 0.29) is 53.4 Å². The zero-order valence-electron chi connectivity index (χ0n) is 38.3. The molecule has 0 bridgehead atoms. The first-order valence-corrected chi connectivity index (χ1v) is 25.3. The molecule has 2 aliphatic heterocycles. The number of para-hydroxylation sites is 2. The van der Waals surface area contributed by atoms with Gasteiger partial charge in [0.1, 0.15) is 4.91 Å². The van der Waals surface area contributed by atoms with Crippen LogP contribution >= 0.6 is 0 Å². The number of pyridine rings is 2. The molecule has 0 radical (unpaired) electrons. The van der Waals surface area contributed by atoms with Crippen molar-refractivity contribution in [2.75, 3.05) is 0 Å². The first kappa shape index (κ1) is 49.6. The number of hydrogen-bond acceptors (Lipinski definition) is 10. The molecule has 11 rings (SSSR count). The summed E-state index contributed by atoms with van der Waals surface area (Å²) in [6, 6.07) is 40.4. The van der Waals surface area contributed by atoms with Gasteiger partial charge in [-0.25, -0.2) is 35.9 Å². The smallest absolute Gasteiger partial charge is 0.477 e. The van der Waals surface area contributed by atoms with E-state index in [0.717, 1.165) is 11.1 Å². The fourth-order valence-corrected chi connectivity index (χ4v) is 11.4. The van der Waals surface area contributed by atoms with Gasteiger partial charge in [-0.2, -0.15) is 26.3 Å². The number of carbonyl (C=O) groups is 1. The van der Waals surface area contributed by atoms with E-state index in [4.69, 9.17) is 0 Å². The van der Waals surface area contributed by atoms with Gasteiger partial charge in [0.25, 0.3) is 0 Å². The highest BCUT2D eigenvalue weighted by Crippen LogP contribution is 2.38. The van der Waals surface area contributed by atoms with Crippen LogP contribution in [0.25, 0.3) is 55.9 Å². The first-order chi connectivity index (χ1) is 35.8. The average Bonchev–Trinajstić information content (AvgIpc) is 3.73. The molecule has 372 valence electrons. The zero-order chi connectivity index (χ0) is 52.9. The molecule has 0 N–H and O–H groups in total. The fourth-order valence-electron chi connectivity index (χ4n) is 8.35. The van der Waals surface area contributed by atoms with Crippen LogP contribution in [0.5, 0.6) is 0 Å². The van der Waals surface area contributed by atoms with Crippen molar-refractivity contribution in [3.05, 3.63) is 239 Å². The minimum atomic E-state index is -4.71. The summed E-state index contributed by atoms with van der Waals surface area (Å²) in [6.45, 7) is 0. The Morgan fingerprint density at radius 3 is 1.44 bits per heavy atom. The number of rotatable bonds is 7. The third kappa shape index (κ3) is 9.47. The first-order valence-electron chi connectivity index (χ1n) is 22.3. The molecule has 20 heteroatoms. The molecule has 0 fully saturated rings. The second-order valence-corrected chi connectivity index (χ2v) is 20.4. The van der Waals surface area contributed by atoms with E-state index >= 15 is 0 Å². The van der Waals surface area contributed by atoms with Crippen molar-refractivity contribution in [2.24, 2.45) is 0 Å². The quantitative estimate of drug-likeness (QED) is 0.0649. The molecule has 0 saturated carbocycles. The summed E-state index contributed by atoms with van der Waals surface area (Å²) in [4.78, 5) is 26.8. The topological polar surface area (TPSA) is 168 Å². The molecule has 0 atom stereocenters. The lowest BCUT2D eigenvalue weighted by Gasteiger charge is -2.08. The largest absolute Gasteiger partial charge is 0.871 e. The Morgan fingerprint density at radius 2 is 0.960 bits per heavy atom. The standard InChI is InChI=1S/C28H16F6N6.C27H18O6S2/c29-27(30,31)25-35-21-7-3-1-5-19(21)23(37-25)39-13-9-17(10-14-39)18-11-15-40(16-12-18)24-20-6-2-4-8-22(20)36-26(38-24)28(32,33)34;28-26-20-10-4-6-12-22(20)34(30,31)24(26)16-14-19(18-8-2-1-3-9-18)15-17-25-27(29)21-11-5-7-13-23(21)35(25,32)33/h1-16H;1-17,28H/q+2;/p-1. The van der Waals surface area contributed by atoms with Crippen molar-refractivity contribution in [2.45, 2.75) is 22.1 Å². The van der Waals surface area contributed by atoms with Crippen LogP contribution in [0.15, 0.2) is 220 Å². The molecule has 4 aromatic heterocycles. The second kappa shape index (κ2) is 19.1. The number of benzene rings is 5. The molecule has 0 unspecified atom stereocenters. The Labute approximate surface area is 422 Å². The minimum absolute atomic E-state index is 0.0441. The molecule has 0 aliphatic carbocycles. The number of aromatic nitrogens is 6. The Morgan fingerprint density at radius 1 is 0.520 bits per heavy atom. The maximum Gasteiger partial charge on any atom is 0.477 e. The van der Waals surface area contributed by atoms with Crippen LogP contribution in [-0.2, 0) is 32.0 Å². The summed E-state index contributed by atoms with van der Waals surface area (Å²) in [7, 11) is -7.96. The van der Waals surface area contributed by atoms with Gasteiger partial charge < -0.3 is 5.11 Å². The Bertz CT molecular complexity index is 4010. The van der Waals surface area contributed by atoms with Crippen molar-refractivity contribution in [1.29, 1.82) is 0 Å². The molecular formula is C55H33F6N6O6S2+. The molecule has 0 spiro atoms. The number of alkyl halides is 6. The van der Waals surface area contributed by atoms with E-state index in [1.165, 1.54) is 69.8 Å². The Hall–Kier alpha value is -9.01. The van der Waals surface area contributed by atoms with Gasteiger partial charge in [-0.1, -0.05) is 103 Å². The summed E-state index contributed by atoms with van der Waals surface area (Å²) in [5, 5.41) is 13.7. The van der Waals surface area contributed by atoms with E-state index in [1.807, 2.05) is 0 Å². The number of sulfone groups is 2. The molecule has 2 aliphatic rings. The van der Waals surface area contributed by atoms with Crippen LogP contribution in [0.3, 0.4) is 0 Å². The van der Waals surface area contributed by atoms with Gasteiger partial charge in [-0.15, -0.1) is 0 Å². The van der Waals surface area contributed by atoms with Crippen molar-refractivity contribution < 1.29 is 62.2 Å². The summed E-state index contributed by atoms with van der Waals surface area (Å²) in [5.41, 5.74) is 3.05. The average molecular weight is 1050 g/mol. The van der Waals surface area contributed by atoms with Crippen molar-refractivity contribution in [3.63, 3.8) is 0 Å². The van der Waals surface area contributed by atoms with Gasteiger partial charge in [0.05, 0.1) is 61.3 Å². The normalized spacial score (nSPS) is 15.6. The van der Waals surface area contributed by atoms with Gasteiger partial charge in [0.2, 0.25) is 25.5 Å². The number of nitrogens with zero attached hydrogens (tertiary/aromatic N) is 6. The molecule has 0 amide bonds. The SMILES string of the molecule is FC(F)(F)c1nc(-[n+]2ccc(-c3cc[n+](-c4nc(C(F)(F)F)nc5ccccc45)cc3)cc2)c2ccccc2n1.O=C1C(=CC=C(C=CC2=C([O-])c3ccccc3S2(=O)=O)c2ccccc2)S(=O)(=O)c2ccccc21. The van der Waals surface area contributed by atoms with Crippen LogP contribution in [0.1, 0.15) is 33.1 Å². The predicted molar refractivity (Wildman–Crippen MR) is 261 cm³/mol. The number of halogens is 6. The van der Waals surface area contributed by atoms with Gasteiger partial charge in [-0.05, 0) is 117 Å². The summed E-state index contributed by atoms with van der Waals surface area (Å²) in [5.74, 6) is -3.54. The summed E-state index contributed by atoms with van der Waals surface area (Å²) in [6.07, 6.45) is 2.20. The molecule has 9 aromatic rings. The van der Waals surface area contributed by atoms with Crippen LogP contribution in [0, 0.1) is 0 Å². The third-order valence-corrected chi connectivity index (χ3v) is 15.6. The van der Waals surface area contributed by atoms with Gasteiger partial charge >= 0.3 is 35.6 Å². The molecule has 0 saturated heterocycles. The number of fused-ring (bicyclic) bond motifs is 4. The van der Waals surface area contributed by atoms with Gasteiger partial charge in [0.15, 0.2) is 0 Å². The number of ketones is 1. The highest BCUT2D eigenvalue weighted by Gasteiger charge is 2.43.